The first-order chi connectivity index (χ1) is 16.4. The Hall–Kier alpha value is -4.46. The van der Waals surface area contributed by atoms with Gasteiger partial charge in [-0.3, -0.25) is 19.0 Å². The lowest BCUT2D eigenvalue weighted by molar-refractivity contribution is -0.127. The van der Waals surface area contributed by atoms with Crippen LogP contribution in [0, 0.1) is 0 Å². The molecule has 0 spiro atoms. The van der Waals surface area contributed by atoms with Crippen LogP contribution < -0.4 is 21.5 Å². The summed E-state index contributed by atoms with van der Waals surface area (Å²) in [6, 6.07) is 24.1. The van der Waals surface area contributed by atoms with Crippen molar-refractivity contribution in [3.8, 4) is 0 Å². The van der Waals surface area contributed by atoms with Crippen LogP contribution in [0.15, 0.2) is 94.5 Å². The fourth-order valence-corrected chi connectivity index (χ4v) is 3.79. The van der Waals surface area contributed by atoms with Crippen LogP contribution in [0.2, 0.25) is 0 Å². The minimum atomic E-state index is -0.893. The second kappa shape index (κ2) is 9.99. The molecule has 0 aliphatic heterocycles. The molecule has 1 atom stereocenters. The van der Waals surface area contributed by atoms with E-state index in [4.69, 9.17) is 0 Å². The van der Waals surface area contributed by atoms with Gasteiger partial charge in [-0.05, 0) is 29.8 Å². The van der Waals surface area contributed by atoms with Crippen molar-refractivity contribution in [2.24, 2.45) is 0 Å². The van der Waals surface area contributed by atoms with Gasteiger partial charge in [0, 0.05) is 19.2 Å². The third kappa shape index (κ3) is 4.96. The summed E-state index contributed by atoms with van der Waals surface area (Å²) >= 11 is 0. The number of para-hydroxylation sites is 2. The van der Waals surface area contributed by atoms with Crippen molar-refractivity contribution in [1.82, 2.24) is 14.9 Å². The molecule has 1 unspecified atom stereocenters. The minimum absolute atomic E-state index is 0.256. The number of H-pyrrole nitrogens is 1. The molecule has 0 aliphatic rings. The highest BCUT2D eigenvalue weighted by molar-refractivity contribution is 5.99. The minimum Gasteiger partial charge on any atom is -0.342 e. The number of carbonyl (C=O) groups excluding carboxylic acids is 2. The third-order valence-electron chi connectivity index (χ3n) is 5.58. The number of anilines is 1. The predicted molar refractivity (Wildman–Crippen MR) is 131 cm³/mol. The van der Waals surface area contributed by atoms with Crippen LogP contribution in [0.4, 0.5) is 5.69 Å². The molecule has 0 radical (unpaired) electrons. The molecule has 8 heteroatoms. The first-order valence-corrected chi connectivity index (χ1v) is 10.8. The fraction of sp³-hybridized carbons (Fsp3) is 0.154. The van der Waals surface area contributed by atoms with Gasteiger partial charge < -0.3 is 15.2 Å². The molecule has 4 aromatic rings. The van der Waals surface area contributed by atoms with E-state index >= 15 is 0 Å². The van der Waals surface area contributed by atoms with Crippen molar-refractivity contribution in [2.75, 3.05) is 11.9 Å². The Bertz CT molecular complexity index is 1430. The lowest BCUT2D eigenvalue weighted by Crippen LogP contribution is -2.51. The Morgan fingerprint density at radius 2 is 1.53 bits per heavy atom. The fourth-order valence-electron chi connectivity index (χ4n) is 3.79. The molecular weight excluding hydrogens is 432 g/mol. The predicted octanol–water partition coefficient (Wildman–Crippen LogP) is 2.08. The number of hydrogen-bond donors (Lipinski definition) is 2. The Balaban J connectivity index is 1.59. The van der Waals surface area contributed by atoms with Gasteiger partial charge in [0.25, 0.3) is 5.56 Å². The Morgan fingerprint density at radius 3 is 2.24 bits per heavy atom. The number of aromatic amines is 1. The summed E-state index contributed by atoms with van der Waals surface area (Å²) in [6.45, 7) is -0.507. The lowest BCUT2D eigenvalue weighted by atomic mass is 10.0. The number of fused-ring (bicyclic) bond motifs is 1. The van der Waals surface area contributed by atoms with E-state index in [9.17, 15) is 19.2 Å². The molecule has 0 saturated carbocycles. The molecule has 34 heavy (non-hydrogen) atoms. The topological polar surface area (TPSA) is 104 Å². The molecule has 4 rings (SSSR count). The number of amides is 2. The summed E-state index contributed by atoms with van der Waals surface area (Å²) in [4.78, 5) is 55.6. The zero-order chi connectivity index (χ0) is 24.1. The molecule has 0 bridgehead atoms. The molecule has 0 fully saturated rings. The average molecular weight is 457 g/mol. The maximum Gasteiger partial charge on any atom is 0.329 e. The second-order valence-electron chi connectivity index (χ2n) is 7.91. The van der Waals surface area contributed by atoms with Crippen molar-refractivity contribution >= 4 is 28.4 Å². The van der Waals surface area contributed by atoms with Crippen LogP contribution in [-0.4, -0.2) is 34.5 Å². The molecule has 2 amide bonds. The number of carbonyl (C=O) groups is 2. The standard InChI is InChI=1S/C26H24N4O4/c1-29(19-12-6-3-7-13-19)25(33)22(16-18-10-4-2-5-11-18)27-23(31)17-30-24(32)20-14-8-9-15-21(20)28-26(30)34/h2-15,22H,16-17H2,1H3,(H,27,31)(H,28,34). The maximum atomic E-state index is 13.3. The van der Waals surface area contributed by atoms with E-state index in [1.54, 1.807) is 43.4 Å². The number of benzene rings is 3. The first kappa shape index (κ1) is 22.7. The summed E-state index contributed by atoms with van der Waals surface area (Å²) in [5.74, 6) is -0.929. The summed E-state index contributed by atoms with van der Waals surface area (Å²) in [5, 5.41) is 3.03. The van der Waals surface area contributed by atoms with Crippen LogP contribution in [0.5, 0.6) is 0 Å². The van der Waals surface area contributed by atoms with Gasteiger partial charge in [-0.25, -0.2) is 4.79 Å². The summed E-state index contributed by atoms with van der Waals surface area (Å²) < 4.78 is 0.836. The van der Waals surface area contributed by atoms with Crippen LogP contribution in [0.3, 0.4) is 0 Å². The highest BCUT2D eigenvalue weighted by atomic mass is 16.2. The molecule has 0 aliphatic carbocycles. The molecule has 0 saturated heterocycles. The van der Waals surface area contributed by atoms with Gasteiger partial charge in [0.15, 0.2) is 0 Å². The van der Waals surface area contributed by atoms with Gasteiger partial charge >= 0.3 is 5.69 Å². The van der Waals surface area contributed by atoms with Crippen LogP contribution in [-0.2, 0) is 22.6 Å². The molecule has 172 valence electrons. The number of rotatable bonds is 7. The second-order valence-corrected chi connectivity index (χ2v) is 7.91. The molecule has 8 nitrogen and oxygen atoms in total. The maximum absolute atomic E-state index is 13.3. The molecule has 2 N–H and O–H groups in total. The van der Waals surface area contributed by atoms with Crippen LogP contribution >= 0.6 is 0 Å². The van der Waals surface area contributed by atoms with Crippen LogP contribution in [0.1, 0.15) is 5.56 Å². The third-order valence-corrected chi connectivity index (χ3v) is 5.58. The smallest absolute Gasteiger partial charge is 0.329 e. The normalized spacial score (nSPS) is 11.7. The average Bonchev–Trinajstić information content (AvgIpc) is 2.86. The van der Waals surface area contributed by atoms with E-state index in [1.165, 1.54) is 4.90 Å². The van der Waals surface area contributed by atoms with Crippen molar-refractivity contribution < 1.29 is 9.59 Å². The van der Waals surface area contributed by atoms with E-state index in [2.05, 4.69) is 10.3 Å². The number of nitrogens with one attached hydrogen (secondary N) is 2. The van der Waals surface area contributed by atoms with Crippen molar-refractivity contribution in [2.45, 2.75) is 19.0 Å². The first-order valence-electron chi connectivity index (χ1n) is 10.8. The largest absolute Gasteiger partial charge is 0.342 e. The Labute approximate surface area is 195 Å². The number of aromatic nitrogens is 2. The van der Waals surface area contributed by atoms with Gasteiger partial charge in [0.1, 0.15) is 12.6 Å². The van der Waals surface area contributed by atoms with Gasteiger partial charge in [0.05, 0.1) is 10.9 Å². The van der Waals surface area contributed by atoms with Gasteiger partial charge in [-0.2, -0.15) is 0 Å². The highest BCUT2D eigenvalue weighted by Gasteiger charge is 2.26. The van der Waals surface area contributed by atoms with Gasteiger partial charge in [-0.1, -0.05) is 60.7 Å². The summed E-state index contributed by atoms with van der Waals surface area (Å²) in [5.41, 5.74) is 0.689. The monoisotopic (exact) mass is 456 g/mol. The molecule has 3 aromatic carbocycles. The van der Waals surface area contributed by atoms with E-state index in [-0.39, 0.29) is 12.3 Å². The quantitative estimate of drug-likeness (QED) is 0.444. The number of nitrogens with zero attached hydrogens (tertiary/aromatic N) is 2. The zero-order valence-electron chi connectivity index (χ0n) is 18.6. The van der Waals surface area contributed by atoms with Crippen LogP contribution in [0.25, 0.3) is 10.9 Å². The van der Waals surface area contributed by atoms with E-state index < -0.39 is 29.7 Å². The van der Waals surface area contributed by atoms with Crippen molar-refractivity contribution in [1.29, 1.82) is 0 Å². The van der Waals surface area contributed by atoms with Gasteiger partial charge in [-0.15, -0.1) is 0 Å². The summed E-state index contributed by atoms with van der Waals surface area (Å²) in [6.07, 6.45) is 0.256. The Morgan fingerprint density at radius 1 is 0.912 bits per heavy atom. The van der Waals surface area contributed by atoms with Crippen molar-refractivity contribution in [3.63, 3.8) is 0 Å². The zero-order valence-corrected chi connectivity index (χ0v) is 18.6. The highest BCUT2D eigenvalue weighted by Crippen LogP contribution is 2.14. The molecule has 1 heterocycles. The lowest BCUT2D eigenvalue weighted by Gasteiger charge is -2.25. The van der Waals surface area contributed by atoms with Gasteiger partial charge in [0.2, 0.25) is 11.8 Å². The summed E-state index contributed by atoms with van der Waals surface area (Å²) in [7, 11) is 1.64. The van der Waals surface area contributed by atoms with E-state index in [1.807, 2.05) is 48.5 Å². The molecule has 1 aromatic heterocycles. The van der Waals surface area contributed by atoms with Crippen molar-refractivity contribution in [3.05, 3.63) is 111 Å². The number of likely N-dealkylation sites (N-methyl/N-ethyl adjacent to an activating group) is 1. The number of hydrogen-bond acceptors (Lipinski definition) is 4. The van der Waals surface area contributed by atoms with E-state index in [0.29, 0.717) is 16.6 Å². The Kier molecular flexibility index (Phi) is 6.68. The molecular formula is C26H24N4O4. The SMILES string of the molecule is CN(C(=O)C(Cc1ccccc1)NC(=O)Cn1c(=O)[nH]c2ccccc2c1=O)c1ccccc1. The van der Waals surface area contributed by atoms with E-state index in [0.717, 1.165) is 10.1 Å².